The van der Waals surface area contributed by atoms with Crippen LogP contribution in [0.25, 0.3) is 0 Å². The molecule has 0 spiro atoms. The average Bonchev–Trinajstić information content (AvgIpc) is 2.27. The van der Waals surface area contributed by atoms with Gasteiger partial charge in [0.2, 0.25) is 0 Å². The van der Waals surface area contributed by atoms with E-state index in [1.54, 1.807) is 6.07 Å². The molecule has 0 fully saturated rings. The molecule has 0 bridgehead atoms. The van der Waals surface area contributed by atoms with Crippen LogP contribution in [0, 0.1) is 0 Å². The van der Waals surface area contributed by atoms with Crippen LogP contribution in [0.5, 0.6) is 5.75 Å². The van der Waals surface area contributed by atoms with Crippen LogP contribution in [-0.2, 0) is 0 Å². The molecule has 0 aliphatic heterocycles. The molecule has 0 aliphatic carbocycles. The summed E-state index contributed by atoms with van der Waals surface area (Å²) in [5.41, 5.74) is 1.09. The van der Waals surface area contributed by atoms with Gasteiger partial charge in [-0.15, -0.1) is 0 Å². The zero-order chi connectivity index (χ0) is 12.2. The smallest absolute Gasteiger partial charge is 0.120 e. The number of nitrogens with one attached hydrogen (secondary N) is 1. The molecule has 0 aromatic heterocycles. The van der Waals surface area contributed by atoms with E-state index in [1.807, 2.05) is 18.2 Å². The van der Waals surface area contributed by atoms with Gasteiger partial charge in [-0.05, 0) is 32.8 Å². The van der Waals surface area contributed by atoms with Crippen LogP contribution in [-0.4, -0.2) is 10.6 Å². The molecule has 2 nitrogen and oxygen atoms in total. The number of rotatable bonds is 5. The van der Waals surface area contributed by atoms with Gasteiger partial charge in [-0.2, -0.15) is 0 Å². The number of benzene rings is 1. The lowest BCUT2D eigenvalue weighted by molar-refractivity contribution is 0.315. The predicted molar refractivity (Wildman–Crippen MR) is 68.6 cm³/mol. The van der Waals surface area contributed by atoms with Crippen molar-refractivity contribution in [1.29, 1.82) is 0 Å². The molecule has 1 rings (SSSR count). The molecule has 0 aliphatic rings. The van der Waals surface area contributed by atoms with E-state index >= 15 is 0 Å². The van der Waals surface area contributed by atoms with Gasteiger partial charge in [0.1, 0.15) is 5.75 Å². The van der Waals surface area contributed by atoms with Crippen molar-refractivity contribution in [2.45, 2.75) is 52.1 Å². The monoisotopic (exact) mass is 221 g/mol. The summed E-state index contributed by atoms with van der Waals surface area (Å²) < 4.78 is 0. The molecule has 2 N–H and O–H groups in total. The Morgan fingerprint density at radius 2 is 1.88 bits per heavy atom. The Morgan fingerprint density at radius 1 is 1.25 bits per heavy atom. The number of phenols is 1. The summed E-state index contributed by atoms with van der Waals surface area (Å²) >= 11 is 0. The van der Waals surface area contributed by atoms with Crippen molar-refractivity contribution in [2.75, 3.05) is 0 Å². The Balaban J connectivity index is 2.87. The minimum Gasteiger partial charge on any atom is -0.508 e. The van der Waals surface area contributed by atoms with Crippen molar-refractivity contribution in [2.24, 2.45) is 0 Å². The van der Waals surface area contributed by atoms with Crippen LogP contribution in [0.2, 0.25) is 0 Å². The Labute approximate surface area is 98.7 Å². The van der Waals surface area contributed by atoms with Crippen molar-refractivity contribution >= 4 is 0 Å². The van der Waals surface area contributed by atoms with Crippen molar-refractivity contribution in [3.8, 4) is 5.75 Å². The molecule has 0 heterocycles. The fourth-order valence-electron chi connectivity index (χ4n) is 1.76. The number of phenolic OH excluding ortho intramolecular Hbond substituents is 1. The van der Waals surface area contributed by atoms with Gasteiger partial charge in [0.25, 0.3) is 0 Å². The summed E-state index contributed by atoms with van der Waals surface area (Å²) in [5.74, 6) is 0.383. The number of hydrogen-bond acceptors (Lipinski definition) is 2. The summed E-state index contributed by atoms with van der Waals surface area (Å²) in [6, 6.07) is 7.78. The first kappa shape index (κ1) is 13.0. The van der Waals surface area contributed by atoms with Gasteiger partial charge in [0.15, 0.2) is 0 Å². The third-order valence-electron chi connectivity index (χ3n) is 3.17. The minimum absolute atomic E-state index is 0.100. The van der Waals surface area contributed by atoms with Gasteiger partial charge in [-0.3, -0.25) is 0 Å². The summed E-state index contributed by atoms with van der Waals surface area (Å²) in [6.07, 6.45) is 2.04. The second-order valence-corrected chi connectivity index (χ2v) is 4.90. The van der Waals surface area contributed by atoms with Crippen LogP contribution in [0.15, 0.2) is 24.3 Å². The molecule has 2 heteroatoms. The highest BCUT2D eigenvalue weighted by Crippen LogP contribution is 2.28. The fraction of sp³-hybridized carbons (Fsp3) is 0.571. The maximum Gasteiger partial charge on any atom is 0.120 e. The third-order valence-corrected chi connectivity index (χ3v) is 3.17. The van der Waals surface area contributed by atoms with E-state index in [-0.39, 0.29) is 11.6 Å². The Bertz CT molecular complexity index is 333. The fourth-order valence-corrected chi connectivity index (χ4v) is 1.76. The summed E-state index contributed by atoms with van der Waals surface area (Å²) in [6.45, 7) is 8.69. The van der Waals surface area contributed by atoms with Crippen LogP contribution < -0.4 is 5.32 Å². The quantitative estimate of drug-likeness (QED) is 0.796. The first-order valence-corrected chi connectivity index (χ1v) is 6.05. The number of hydrogen-bond donors (Lipinski definition) is 2. The molecule has 0 saturated carbocycles. The molecule has 90 valence electrons. The molecule has 1 unspecified atom stereocenters. The Morgan fingerprint density at radius 3 is 2.38 bits per heavy atom. The summed E-state index contributed by atoms with van der Waals surface area (Å²) in [5, 5.41) is 13.4. The minimum atomic E-state index is 0.100. The van der Waals surface area contributed by atoms with E-state index in [0.717, 1.165) is 18.4 Å². The predicted octanol–water partition coefficient (Wildman–Crippen LogP) is 3.62. The second-order valence-electron chi connectivity index (χ2n) is 4.90. The van der Waals surface area contributed by atoms with E-state index in [4.69, 9.17) is 0 Å². The van der Waals surface area contributed by atoms with E-state index in [1.165, 1.54) is 0 Å². The highest BCUT2D eigenvalue weighted by atomic mass is 16.3. The summed E-state index contributed by atoms with van der Waals surface area (Å²) in [4.78, 5) is 0. The van der Waals surface area contributed by atoms with Crippen molar-refractivity contribution in [3.63, 3.8) is 0 Å². The Hall–Kier alpha value is -1.02. The van der Waals surface area contributed by atoms with Gasteiger partial charge in [-0.1, -0.05) is 32.0 Å². The molecular weight excluding hydrogens is 198 g/mol. The van der Waals surface area contributed by atoms with E-state index in [9.17, 15) is 5.11 Å². The second kappa shape index (κ2) is 5.35. The first-order chi connectivity index (χ1) is 7.50. The van der Waals surface area contributed by atoms with Gasteiger partial charge in [0, 0.05) is 17.1 Å². The lowest BCUT2D eigenvalue weighted by Gasteiger charge is -2.31. The summed E-state index contributed by atoms with van der Waals surface area (Å²) in [7, 11) is 0. The van der Waals surface area contributed by atoms with Gasteiger partial charge in [0.05, 0.1) is 0 Å². The van der Waals surface area contributed by atoms with Crippen LogP contribution >= 0.6 is 0 Å². The molecule has 1 atom stereocenters. The third kappa shape index (κ3) is 3.24. The maximum atomic E-state index is 9.84. The average molecular weight is 221 g/mol. The van der Waals surface area contributed by atoms with E-state index in [0.29, 0.717) is 5.75 Å². The van der Waals surface area contributed by atoms with Gasteiger partial charge < -0.3 is 10.4 Å². The largest absolute Gasteiger partial charge is 0.508 e. The molecule has 1 aromatic rings. The Kier molecular flexibility index (Phi) is 4.36. The van der Waals surface area contributed by atoms with Crippen LogP contribution in [0.3, 0.4) is 0 Å². The zero-order valence-electron chi connectivity index (χ0n) is 10.7. The zero-order valence-corrected chi connectivity index (χ0v) is 10.7. The van der Waals surface area contributed by atoms with E-state index in [2.05, 4.69) is 33.0 Å². The van der Waals surface area contributed by atoms with Crippen molar-refractivity contribution < 1.29 is 5.11 Å². The topological polar surface area (TPSA) is 32.3 Å². The van der Waals surface area contributed by atoms with Crippen molar-refractivity contribution in [3.05, 3.63) is 29.8 Å². The van der Waals surface area contributed by atoms with Crippen molar-refractivity contribution in [1.82, 2.24) is 5.32 Å². The first-order valence-electron chi connectivity index (χ1n) is 6.05. The normalized spacial score (nSPS) is 13.8. The molecule has 0 amide bonds. The van der Waals surface area contributed by atoms with Crippen LogP contribution in [0.1, 0.15) is 52.1 Å². The van der Waals surface area contributed by atoms with E-state index < -0.39 is 0 Å². The lowest BCUT2D eigenvalue weighted by Crippen LogP contribution is -2.40. The highest BCUT2D eigenvalue weighted by Gasteiger charge is 2.21. The highest BCUT2D eigenvalue weighted by molar-refractivity contribution is 5.34. The van der Waals surface area contributed by atoms with Gasteiger partial charge in [-0.25, -0.2) is 0 Å². The SMILES string of the molecule is CCC(NC(C)(C)CC)c1ccccc1O. The number of aromatic hydroxyl groups is 1. The lowest BCUT2D eigenvalue weighted by atomic mass is 9.96. The standard InChI is InChI=1S/C14H23NO/c1-5-12(15-14(3,4)6-2)11-9-7-8-10-13(11)16/h7-10,12,15-16H,5-6H2,1-4H3. The molecule has 16 heavy (non-hydrogen) atoms. The molecule has 1 aromatic carbocycles. The molecular formula is C14H23NO. The van der Waals surface area contributed by atoms with Gasteiger partial charge >= 0.3 is 0 Å². The number of para-hydroxylation sites is 1. The van der Waals surface area contributed by atoms with Crippen LogP contribution in [0.4, 0.5) is 0 Å². The molecule has 0 saturated heterocycles. The molecule has 0 radical (unpaired) electrons. The maximum absolute atomic E-state index is 9.84.